The summed E-state index contributed by atoms with van der Waals surface area (Å²) < 4.78 is 5.21. The minimum absolute atomic E-state index is 0.265. The van der Waals surface area contributed by atoms with Gasteiger partial charge in [-0.05, 0) is 34.9 Å². The van der Waals surface area contributed by atoms with Gasteiger partial charge in [0.1, 0.15) is 5.75 Å². The van der Waals surface area contributed by atoms with Crippen LogP contribution in [0.2, 0.25) is 0 Å². The van der Waals surface area contributed by atoms with Crippen molar-refractivity contribution in [1.82, 2.24) is 0 Å². The van der Waals surface area contributed by atoms with Crippen LogP contribution in [-0.2, 0) is 9.59 Å². The zero-order chi connectivity index (χ0) is 19.7. The van der Waals surface area contributed by atoms with Gasteiger partial charge in [-0.2, -0.15) is 0 Å². The van der Waals surface area contributed by atoms with E-state index in [9.17, 15) is 9.59 Å². The smallest absolute Gasteiger partial charge is 0.272 e. The van der Waals surface area contributed by atoms with Crippen molar-refractivity contribution in [3.63, 3.8) is 0 Å². The fourth-order valence-corrected chi connectivity index (χ4v) is 4.28. The van der Waals surface area contributed by atoms with Crippen LogP contribution in [0.15, 0.2) is 71.6 Å². The summed E-state index contributed by atoms with van der Waals surface area (Å²) in [6, 6.07) is 20.7. The lowest BCUT2D eigenvalue weighted by Gasteiger charge is -2.17. The number of thioether (sulfide) groups is 1. The van der Waals surface area contributed by atoms with Crippen molar-refractivity contribution in [2.45, 2.75) is 6.92 Å². The molecule has 1 aliphatic rings. The average molecular weight is 389 g/mol. The number of fused-ring (bicyclic) bond motifs is 1. The van der Waals surface area contributed by atoms with Gasteiger partial charge < -0.3 is 4.74 Å². The fourth-order valence-electron chi connectivity index (χ4n) is 3.42. The van der Waals surface area contributed by atoms with Gasteiger partial charge in [0.2, 0.25) is 0 Å². The van der Waals surface area contributed by atoms with E-state index >= 15 is 0 Å². The zero-order valence-electron chi connectivity index (χ0n) is 15.6. The molecule has 0 saturated carbocycles. The first kappa shape index (κ1) is 18.3. The summed E-state index contributed by atoms with van der Waals surface area (Å²) >= 11 is 1.40. The Bertz CT molecular complexity index is 1100. The van der Waals surface area contributed by atoms with Crippen molar-refractivity contribution in [3.05, 3.63) is 77.2 Å². The molecule has 0 unspecified atom stereocenters. The Kier molecular flexibility index (Phi) is 4.92. The number of ether oxygens (including phenoxy) is 1. The lowest BCUT2D eigenvalue weighted by atomic mass is 10.1. The molecule has 0 bridgehead atoms. The van der Waals surface area contributed by atoms with E-state index in [1.807, 2.05) is 61.5 Å². The predicted molar refractivity (Wildman–Crippen MR) is 114 cm³/mol. The molecular formula is C23H19NO3S. The summed E-state index contributed by atoms with van der Waals surface area (Å²) in [4.78, 5) is 28.5. The number of carbonyl (C=O) groups excluding carboxylic acids is 2. The second kappa shape index (κ2) is 7.52. The number of rotatable bonds is 5. The number of amides is 2. The van der Waals surface area contributed by atoms with E-state index in [0.717, 1.165) is 16.3 Å². The van der Waals surface area contributed by atoms with Crippen LogP contribution < -0.4 is 9.64 Å². The van der Waals surface area contributed by atoms with Crippen LogP contribution in [0.3, 0.4) is 0 Å². The Morgan fingerprint density at radius 2 is 1.61 bits per heavy atom. The number of hydrogen-bond acceptors (Lipinski definition) is 4. The number of nitrogens with zero attached hydrogens (tertiary/aromatic N) is 1. The Balaban J connectivity index is 1.84. The first-order valence-electron chi connectivity index (χ1n) is 9.03. The Hall–Kier alpha value is -3.05. The highest BCUT2D eigenvalue weighted by Crippen LogP contribution is 2.40. The van der Waals surface area contributed by atoms with Crippen LogP contribution in [-0.4, -0.2) is 24.7 Å². The van der Waals surface area contributed by atoms with Crippen molar-refractivity contribution in [1.29, 1.82) is 0 Å². The average Bonchev–Trinajstić information content (AvgIpc) is 2.97. The molecule has 5 heteroatoms. The third-order valence-corrected chi connectivity index (χ3v) is 5.67. The van der Waals surface area contributed by atoms with Crippen LogP contribution in [0.5, 0.6) is 5.75 Å². The molecule has 2 amide bonds. The van der Waals surface area contributed by atoms with Crippen molar-refractivity contribution in [2.75, 3.05) is 17.8 Å². The summed E-state index contributed by atoms with van der Waals surface area (Å²) in [5, 5.41) is 1.87. The molecule has 0 aliphatic carbocycles. The summed E-state index contributed by atoms with van der Waals surface area (Å²) in [6.07, 6.45) is 0. The number of hydrogen-bond donors (Lipinski definition) is 0. The molecule has 0 radical (unpaired) electrons. The summed E-state index contributed by atoms with van der Waals surface area (Å²) in [5.41, 5.74) is 1.79. The van der Waals surface area contributed by atoms with E-state index in [0.29, 0.717) is 27.7 Å². The van der Waals surface area contributed by atoms with Gasteiger partial charge in [0.05, 0.1) is 23.3 Å². The molecule has 3 aromatic rings. The fraction of sp³-hybridized carbons (Fsp3) is 0.130. The van der Waals surface area contributed by atoms with Gasteiger partial charge in [-0.3, -0.25) is 9.59 Å². The largest absolute Gasteiger partial charge is 0.497 e. The molecule has 0 N–H and O–H groups in total. The maximum absolute atomic E-state index is 13.4. The Morgan fingerprint density at radius 1 is 0.893 bits per heavy atom. The van der Waals surface area contributed by atoms with Crippen molar-refractivity contribution in [2.24, 2.45) is 0 Å². The minimum atomic E-state index is -0.289. The highest BCUT2D eigenvalue weighted by Gasteiger charge is 2.40. The molecule has 140 valence electrons. The number of carbonyl (C=O) groups is 2. The van der Waals surface area contributed by atoms with E-state index in [-0.39, 0.29) is 11.8 Å². The maximum Gasteiger partial charge on any atom is 0.272 e. The third-order valence-electron chi connectivity index (χ3n) is 4.72. The van der Waals surface area contributed by atoms with Crippen LogP contribution in [0.4, 0.5) is 5.69 Å². The van der Waals surface area contributed by atoms with Gasteiger partial charge in [0.15, 0.2) is 0 Å². The monoisotopic (exact) mass is 389 g/mol. The van der Waals surface area contributed by atoms with Crippen molar-refractivity contribution < 1.29 is 14.3 Å². The molecule has 28 heavy (non-hydrogen) atoms. The zero-order valence-corrected chi connectivity index (χ0v) is 16.5. The second-order valence-electron chi connectivity index (χ2n) is 6.31. The molecule has 0 saturated heterocycles. The standard InChI is InChI=1S/C23H19NO3S/c1-3-28-21-20(16-11-13-17(27-2)14-12-16)22(25)24(23(21)26)19-10-6-8-15-7-4-5-9-18(15)19/h4-14H,3H2,1-2H3. The summed E-state index contributed by atoms with van der Waals surface area (Å²) in [5.74, 6) is 0.857. The highest BCUT2D eigenvalue weighted by atomic mass is 32.2. The van der Waals surface area contributed by atoms with E-state index in [1.54, 1.807) is 19.2 Å². The van der Waals surface area contributed by atoms with Gasteiger partial charge in [-0.25, -0.2) is 4.90 Å². The van der Waals surface area contributed by atoms with Crippen molar-refractivity contribution >= 4 is 45.6 Å². The lowest BCUT2D eigenvalue weighted by Crippen LogP contribution is -2.31. The SMILES string of the molecule is CCSC1=C(c2ccc(OC)cc2)C(=O)N(c2cccc3ccccc23)C1=O. The molecular weight excluding hydrogens is 370 g/mol. The molecule has 4 rings (SSSR count). The molecule has 0 aromatic heterocycles. The van der Waals surface area contributed by atoms with E-state index in [4.69, 9.17) is 4.74 Å². The topological polar surface area (TPSA) is 46.6 Å². The molecule has 3 aromatic carbocycles. The lowest BCUT2D eigenvalue weighted by molar-refractivity contribution is -0.119. The van der Waals surface area contributed by atoms with Crippen LogP contribution in [0.25, 0.3) is 16.3 Å². The minimum Gasteiger partial charge on any atom is -0.497 e. The highest BCUT2D eigenvalue weighted by molar-refractivity contribution is 8.04. The number of benzene rings is 3. The van der Waals surface area contributed by atoms with E-state index < -0.39 is 0 Å². The van der Waals surface area contributed by atoms with Gasteiger partial charge in [0.25, 0.3) is 11.8 Å². The molecule has 0 atom stereocenters. The first-order valence-corrected chi connectivity index (χ1v) is 10.0. The summed E-state index contributed by atoms with van der Waals surface area (Å²) in [6.45, 7) is 1.97. The molecule has 0 spiro atoms. The molecule has 1 aliphatic heterocycles. The van der Waals surface area contributed by atoms with Gasteiger partial charge in [-0.15, -0.1) is 11.8 Å². The quantitative estimate of drug-likeness (QED) is 0.583. The van der Waals surface area contributed by atoms with Crippen LogP contribution >= 0.6 is 11.8 Å². The molecule has 0 fully saturated rings. The second-order valence-corrected chi connectivity index (χ2v) is 7.58. The number of methoxy groups -OCH3 is 1. The van der Waals surface area contributed by atoms with Gasteiger partial charge >= 0.3 is 0 Å². The molecule has 1 heterocycles. The van der Waals surface area contributed by atoms with E-state index in [2.05, 4.69) is 0 Å². The van der Waals surface area contributed by atoms with Gasteiger partial charge in [-0.1, -0.05) is 55.5 Å². The number of imide groups is 1. The van der Waals surface area contributed by atoms with Crippen LogP contribution in [0, 0.1) is 0 Å². The third kappa shape index (κ3) is 2.98. The molecule has 4 nitrogen and oxygen atoms in total. The Labute approximate surface area is 167 Å². The normalized spacial score (nSPS) is 14.3. The van der Waals surface area contributed by atoms with Crippen molar-refractivity contribution in [3.8, 4) is 5.75 Å². The number of anilines is 1. The summed E-state index contributed by atoms with van der Waals surface area (Å²) in [7, 11) is 1.60. The van der Waals surface area contributed by atoms with E-state index in [1.165, 1.54) is 16.7 Å². The maximum atomic E-state index is 13.4. The first-order chi connectivity index (χ1) is 13.7. The Morgan fingerprint density at radius 3 is 2.32 bits per heavy atom. The predicted octanol–water partition coefficient (Wildman–Crippen LogP) is 4.89. The van der Waals surface area contributed by atoms with Crippen LogP contribution in [0.1, 0.15) is 12.5 Å². The van der Waals surface area contributed by atoms with Gasteiger partial charge in [0, 0.05) is 5.39 Å².